The van der Waals surface area contributed by atoms with Crippen LogP contribution in [0.15, 0.2) is 147 Å². The number of hydrogen-bond acceptors (Lipinski definition) is 21. The first-order valence-corrected chi connectivity index (χ1v) is 42.8. The molecule has 15 amide bonds. The second-order valence-electron chi connectivity index (χ2n) is 33.6. The van der Waals surface area contributed by atoms with Gasteiger partial charge in [-0.25, -0.2) is 0 Å². The average Bonchev–Trinajstić information content (AvgIpc) is 0.803. The molecular weight excluding hydrogens is 1650 g/mol. The van der Waals surface area contributed by atoms with Crippen molar-refractivity contribution in [2.75, 3.05) is 68.7 Å². The zero-order chi connectivity index (χ0) is 92.4. The maximum Gasteiger partial charge on any atom is 0.313 e. The average molecular weight is 1760 g/mol. The molecule has 4 aromatic heterocycles. The number of aromatic nitrogens is 4. The molecule has 16 rings (SSSR count). The van der Waals surface area contributed by atoms with Gasteiger partial charge in [-0.05, 0) is 200 Å². The number of piperidine rings is 4. The van der Waals surface area contributed by atoms with Crippen molar-refractivity contribution in [3.63, 3.8) is 0 Å². The minimum Gasteiger partial charge on any atom is -0.366 e. The summed E-state index contributed by atoms with van der Waals surface area (Å²) in [5.41, 5.74) is 34.3. The molecule has 0 aliphatic carbocycles. The number of likely N-dealkylation sites (tertiary alicyclic amines) is 3. The molecule has 0 unspecified atom stereocenters. The van der Waals surface area contributed by atoms with E-state index in [4.69, 9.17) is 22.9 Å². The lowest BCUT2D eigenvalue weighted by atomic mass is 9.88. The van der Waals surface area contributed by atoms with Crippen LogP contribution < -0.4 is 70.8 Å². The Bertz CT molecular complexity index is 5320. The van der Waals surface area contributed by atoms with E-state index < -0.39 is 70.8 Å². The Kier molecular flexibility index (Phi) is 30.7. The fraction of sp³-hybridized carbons (Fsp3) is 0.355. The lowest BCUT2D eigenvalue weighted by Crippen LogP contribution is -2.46. The van der Waals surface area contributed by atoms with Crippen LogP contribution in [0.1, 0.15) is 222 Å². The van der Waals surface area contributed by atoms with E-state index in [2.05, 4.69) is 114 Å². The smallest absolute Gasteiger partial charge is 0.313 e. The van der Waals surface area contributed by atoms with Crippen LogP contribution >= 0.6 is 0 Å². The van der Waals surface area contributed by atoms with Gasteiger partial charge in [0.15, 0.2) is 0 Å². The topological polar surface area (TPSA) is 547 Å². The number of carbonyl (C=O) groups is 16. The van der Waals surface area contributed by atoms with Crippen LogP contribution in [0.25, 0.3) is 0 Å². The molecule has 8 aromatic rings. The van der Waals surface area contributed by atoms with E-state index in [-0.39, 0.29) is 105 Å². The summed E-state index contributed by atoms with van der Waals surface area (Å²) in [4.78, 5) is 210. The van der Waals surface area contributed by atoms with E-state index in [9.17, 15) is 76.7 Å². The molecule has 4 saturated heterocycles. The molecule has 672 valence electrons. The number of benzene rings is 4. The van der Waals surface area contributed by atoms with Gasteiger partial charge >= 0.3 is 35.4 Å². The monoisotopic (exact) mass is 1760 g/mol. The van der Waals surface area contributed by atoms with Crippen LogP contribution in [0.4, 0.5) is 45.5 Å². The van der Waals surface area contributed by atoms with E-state index in [1.165, 1.54) is 97.8 Å². The van der Waals surface area contributed by atoms with Crippen molar-refractivity contribution in [2.24, 2.45) is 46.6 Å². The van der Waals surface area contributed by atoms with E-state index >= 15 is 0 Å². The molecule has 0 saturated carbocycles. The molecule has 17 N–H and O–H groups in total. The molecular formula is C93H104N20O16. The molecule has 4 fully saturated rings. The highest BCUT2D eigenvalue weighted by Gasteiger charge is 2.39. The second kappa shape index (κ2) is 42.4. The number of fused-ring (bicyclic) bond motifs is 4. The van der Waals surface area contributed by atoms with Gasteiger partial charge in [-0.3, -0.25) is 96.6 Å². The molecule has 36 heteroatoms. The summed E-state index contributed by atoms with van der Waals surface area (Å²) in [6, 6.07) is 29.1. The van der Waals surface area contributed by atoms with Gasteiger partial charge in [0.1, 0.15) is 0 Å². The number of nitrogens with one attached hydrogen (secondary N) is 9. The summed E-state index contributed by atoms with van der Waals surface area (Å²) in [7, 11) is 0. The summed E-state index contributed by atoms with van der Waals surface area (Å²) in [6.45, 7) is 12.1. The number of pyridine rings is 4. The Labute approximate surface area is 743 Å². The number of amides is 15. The highest BCUT2D eigenvalue weighted by Crippen LogP contribution is 2.41. The normalized spacial score (nSPS) is 19.9. The van der Waals surface area contributed by atoms with Gasteiger partial charge in [-0.2, -0.15) is 0 Å². The number of aryl methyl sites for hydroxylation is 4. The summed E-state index contributed by atoms with van der Waals surface area (Å²) in [5.74, 6) is -6.65. The fourth-order valence-corrected chi connectivity index (χ4v) is 16.6. The van der Waals surface area contributed by atoms with Crippen molar-refractivity contribution in [1.82, 2.24) is 40.0 Å². The Morgan fingerprint density at radius 2 is 0.589 bits per heavy atom. The quantitative estimate of drug-likeness (QED) is 0.0482. The highest BCUT2D eigenvalue weighted by atomic mass is 16.2. The minimum absolute atomic E-state index is 0.000103. The van der Waals surface area contributed by atoms with Crippen LogP contribution in [-0.4, -0.2) is 155 Å². The van der Waals surface area contributed by atoms with Crippen molar-refractivity contribution in [2.45, 2.75) is 162 Å². The number of nitrogens with two attached hydrogens (primary N) is 4. The molecule has 0 spiro atoms. The predicted octanol–water partition coefficient (Wildman–Crippen LogP) is 8.35. The predicted molar refractivity (Wildman–Crippen MR) is 477 cm³/mol. The summed E-state index contributed by atoms with van der Waals surface area (Å²) in [6.07, 6.45) is 22.8. The zero-order valence-corrected chi connectivity index (χ0v) is 72.1. The molecule has 129 heavy (non-hydrogen) atoms. The van der Waals surface area contributed by atoms with Crippen LogP contribution in [-0.2, 0) is 83.2 Å². The Balaban J connectivity index is 0.000000150. The number of rotatable bonds is 13. The number of nitrogens with zero attached hydrogens (tertiary/aromatic N) is 7. The first-order chi connectivity index (χ1) is 61.7. The summed E-state index contributed by atoms with van der Waals surface area (Å²) < 4.78 is 0. The van der Waals surface area contributed by atoms with Crippen molar-refractivity contribution in [1.29, 1.82) is 0 Å². The standard InChI is InChI=1S/3C23H25N5O4.C15H20N2O.C9H9N3O3/c3*1-13-2-6-19(15-3-5-18-14(8-15)4-7-20(29)27-18)28(12-13)23(32)22(31)26-17-9-16(21(24)30)10-25-11-17;1-10-2-5-13(16-9-10)11-3-6-14-12(8-11)4-7-15(18)17-14;1-5(13)9(15)12-7-2-6(8(10)14)3-11-4-7/h3*3,5,8-11,13,19H,2,4,6-7,12H2,1H3,(H2,24,30)(H,26,31)(H,27,29);3,6,8,10,13,16H,2,4-5,7,9H2,1H3,(H,17,18);2-4H,1H3,(H2,10,14)(H,12,15)/t3*13-,19+;10-,13+;/m1000./s1. The van der Waals surface area contributed by atoms with Crippen molar-refractivity contribution < 1.29 is 76.7 Å². The number of primary amides is 4. The van der Waals surface area contributed by atoms with Gasteiger partial charge in [-0.1, -0.05) is 76.2 Å². The summed E-state index contributed by atoms with van der Waals surface area (Å²) >= 11 is 0. The van der Waals surface area contributed by atoms with Crippen LogP contribution in [0.3, 0.4) is 0 Å². The molecule has 4 aromatic carbocycles. The number of anilines is 8. The third-order valence-corrected chi connectivity index (χ3v) is 23.6. The van der Waals surface area contributed by atoms with Crippen LogP contribution in [0, 0.1) is 23.7 Å². The number of ketones is 1. The largest absolute Gasteiger partial charge is 0.366 e. The Morgan fingerprint density at radius 3 is 0.853 bits per heavy atom. The van der Waals surface area contributed by atoms with Crippen molar-refractivity contribution >= 4 is 140 Å². The zero-order valence-electron chi connectivity index (χ0n) is 72.1. The van der Waals surface area contributed by atoms with E-state index in [0.717, 1.165) is 120 Å². The molecule has 8 aliphatic rings. The van der Waals surface area contributed by atoms with E-state index in [1.54, 1.807) is 14.7 Å². The van der Waals surface area contributed by atoms with Gasteiger partial charge in [0.2, 0.25) is 53.0 Å². The van der Waals surface area contributed by atoms with Gasteiger partial charge in [0.25, 0.3) is 5.91 Å². The molecule has 8 atom stereocenters. The Hall–Kier alpha value is -14.8. The molecule has 36 nitrogen and oxygen atoms in total. The van der Waals surface area contributed by atoms with Crippen molar-refractivity contribution in [3.05, 3.63) is 213 Å². The number of carbonyl (C=O) groups excluding carboxylic acids is 16. The number of hydrogen-bond donors (Lipinski definition) is 13. The van der Waals surface area contributed by atoms with Gasteiger partial charge in [0.05, 0.1) is 87.9 Å². The maximum atomic E-state index is 13.1. The van der Waals surface area contributed by atoms with Crippen molar-refractivity contribution in [3.8, 4) is 0 Å². The van der Waals surface area contributed by atoms with Gasteiger partial charge in [0, 0.05) is 106 Å². The molecule has 0 bridgehead atoms. The molecule has 0 radical (unpaired) electrons. The molecule has 12 heterocycles. The lowest BCUT2D eigenvalue weighted by molar-refractivity contribution is -0.146. The number of Topliss-reactive ketones (excluding diaryl/α,β-unsaturated/α-hetero) is 1. The maximum absolute atomic E-state index is 13.1. The third kappa shape index (κ3) is 24.7. The van der Waals surface area contributed by atoms with E-state index in [1.807, 2.05) is 54.6 Å². The fourth-order valence-electron chi connectivity index (χ4n) is 16.6. The summed E-state index contributed by atoms with van der Waals surface area (Å²) in [5, 5.41) is 25.0. The highest BCUT2D eigenvalue weighted by molar-refractivity contribution is 6.41. The Morgan fingerprint density at radius 1 is 0.326 bits per heavy atom. The van der Waals surface area contributed by atoms with E-state index in [0.29, 0.717) is 70.6 Å². The lowest BCUT2D eigenvalue weighted by Gasteiger charge is -2.39. The third-order valence-electron chi connectivity index (χ3n) is 23.6. The van der Waals surface area contributed by atoms with Gasteiger partial charge in [-0.15, -0.1) is 0 Å². The van der Waals surface area contributed by atoms with Gasteiger partial charge < -0.3 is 85.5 Å². The minimum atomic E-state index is -0.794. The SMILES string of the molecule is CC(=O)C(=O)Nc1cncc(C(N)=O)c1.C[C@@H]1CC[C@@H](c2ccc3c(c2)CCC(=O)N3)N(C(=O)C(=O)Nc2cncc(C(N)=O)c2)C1.C[C@H]1CC[C@H](c2ccc3c(c2)CCC(=O)N3)N(C(=O)C(=O)Nc2cncc(C(N)=O)c2)C1.C[C@H]1CC[C@H](c2ccc3c(c2)CCC(=O)N3)N(C(=O)C(=O)Nc2cncc(C(N)=O)c2)C1.C[C@H]1CC[C@H](c2ccc3c(c2)CCC(=O)N3)NC1. The second-order valence-corrected chi connectivity index (χ2v) is 33.6. The first kappa shape index (κ1) is 93.3. The molecule has 8 aliphatic heterocycles. The van der Waals surface area contributed by atoms with Crippen LogP contribution in [0.2, 0.25) is 0 Å². The first-order valence-electron chi connectivity index (χ1n) is 42.8. The van der Waals surface area contributed by atoms with Crippen LogP contribution in [0.5, 0.6) is 0 Å².